The SMILES string of the molecule is CCc1nn(C)c(COC2CCC(NC)CC2)c1Cl. The molecule has 0 amide bonds. The molecule has 1 N–H and O–H groups in total. The fourth-order valence-corrected chi connectivity index (χ4v) is 3.04. The highest BCUT2D eigenvalue weighted by atomic mass is 35.5. The van der Waals surface area contributed by atoms with Gasteiger partial charge in [-0.3, -0.25) is 4.68 Å². The number of aromatic nitrogens is 2. The van der Waals surface area contributed by atoms with Crippen LogP contribution in [0.1, 0.15) is 44.0 Å². The Bertz CT molecular complexity index is 411. The van der Waals surface area contributed by atoms with Crippen LogP contribution in [0.25, 0.3) is 0 Å². The lowest BCUT2D eigenvalue weighted by Crippen LogP contribution is -2.33. The lowest BCUT2D eigenvalue weighted by molar-refractivity contribution is 0.00905. The normalized spacial score (nSPS) is 23.8. The number of halogens is 1. The summed E-state index contributed by atoms with van der Waals surface area (Å²) < 4.78 is 7.86. The third kappa shape index (κ3) is 3.50. The van der Waals surface area contributed by atoms with Gasteiger partial charge in [-0.25, -0.2) is 0 Å². The molecule has 1 aliphatic rings. The summed E-state index contributed by atoms with van der Waals surface area (Å²) in [6, 6.07) is 0.659. The molecule has 0 bridgehead atoms. The van der Waals surface area contributed by atoms with Gasteiger partial charge >= 0.3 is 0 Å². The third-order valence-corrected chi connectivity index (χ3v) is 4.48. The van der Waals surface area contributed by atoms with Gasteiger partial charge in [-0.15, -0.1) is 0 Å². The summed E-state index contributed by atoms with van der Waals surface area (Å²) in [4.78, 5) is 0. The summed E-state index contributed by atoms with van der Waals surface area (Å²) in [5.41, 5.74) is 1.95. The number of ether oxygens (including phenoxy) is 1. The predicted molar refractivity (Wildman–Crippen MR) is 77.5 cm³/mol. The van der Waals surface area contributed by atoms with Crippen molar-refractivity contribution in [1.29, 1.82) is 0 Å². The van der Waals surface area contributed by atoms with E-state index in [4.69, 9.17) is 16.3 Å². The molecule has 0 aromatic carbocycles. The highest BCUT2D eigenvalue weighted by Gasteiger charge is 2.21. The van der Waals surface area contributed by atoms with Crippen molar-refractivity contribution in [2.24, 2.45) is 7.05 Å². The highest BCUT2D eigenvalue weighted by Crippen LogP contribution is 2.25. The summed E-state index contributed by atoms with van der Waals surface area (Å²) in [5, 5.41) is 8.52. The van der Waals surface area contributed by atoms with E-state index in [-0.39, 0.29) is 0 Å². The minimum absolute atomic E-state index is 0.362. The van der Waals surface area contributed by atoms with Crippen LogP contribution in [0, 0.1) is 0 Å². The van der Waals surface area contributed by atoms with Gasteiger partial charge in [0.2, 0.25) is 0 Å². The molecule has 0 spiro atoms. The zero-order chi connectivity index (χ0) is 13.8. The molecule has 0 aliphatic heterocycles. The Kier molecular flexibility index (Phi) is 5.25. The van der Waals surface area contributed by atoms with Crippen molar-refractivity contribution in [1.82, 2.24) is 15.1 Å². The molecule has 4 nitrogen and oxygen atoms in total. The van der Waals surface area contributed by atoms with E-state index in [2.05, 4.69) is 17.3 Å². The zero-order valence-corrected chi connectivity index (χ0v) is 12.8. The van der Waals surface area contributed by atoms with Crippen molar-refractivity contribution < 1.29 is 4.74 Å². The zero-order valence-electron chi connectivity index (χ0n) is 12.1. The molecular weight excluding hydrogens is 262 g/mol. The molecular formula is C14H24ClN3O. The molecule has 1 aliphatic carbocycles. The van der Waals surface area contributed by atoms with Crippen molar-refractivity contribution in [2.45, 2.75) is 57.8 Å². The Morgan fingerprint density at radius 2 is 2.05 bits per heavy atom. The smallest absolute Gasteiger partial charge is 0.0903 e. The first-order chi connectivity index (χ1) is 9.15. The van der Waals surface area contributed by atoms with Gasteiger partial charge in [-0.05, 0) is 39.2 Å². The number of nitrogens with zero attached hydrogens (tertiary/aromatic N) is 2. The predicted octanol–water partition coefficient (Wildman–Crippen LogP) is 2.68. The molecule has 1 aromatic heterocycles. The molecule has 0 saturated heterocycles. The summed E-state index contributed by atoms with van der Waals surface area (Å²) in [7, 11) is 3.97. The minimum Gasteiger partial charge on any atom is -0.372 e. The van der Waals surface area contributed by atoms with Gasteiger partial charge in [0.05, 0.1) is 29.1 Å². The van der Waals surface area contributed by atoms with Crippen LogP contribution in [0.3, 0.4) is 0 Å². The van der Waals surface area contributed by atoms with E-state index in [1.54, 1.807) is 0 Å². The molecule has 5 heteroatoms. The first kappa shape index (κ1) is 14.8. The van der Waals surface area contributed by atoms with Gasteiger partial charge in [0.25, 0.3) is 0 Å². The summed E-state index contributed by atoms with van der Waals surface area (Å²) >= 11 is 6.32. The van der Waals surface area contributed by atoms with Crippen molar-refractivity contribution in [2.75, 3.05) is 7.05 Å². The molecule has 1 fully saturated rings. The molecule has 1 heterocycles. The molecule has 2 rings (SSSR count). The quantitative estimate of drug-likeness (QED) is 0.904. The maximum Gasteiger partial charge on any atom is 0.0903 e. The van der Waals surface area contributed by atoms with Gasteiger partial charge in [0.15, 0.2) is 0 Å². The summed E-state index contributed by atoms with van der Waals surface area (Å²) in [5.74, 6) is 0. The Balaban J connectivity index is 1.88. The molecule has 0 radical (unpaired) electrons. The van der Waals surface area contributed by atoms with E-state index >= 15 is 0 Å². The van der Waals surface area contributed by atoms with Crippen molar-refractivity contribution in [3.63, 3.8) is 0 Å². The molecule has 0 atom stereocenters. The molecule has 19 heavy (non-hydrogen) atoms. The van der Waals surface area contributed by atoms with Gasteiger partial charge in [-0.1, -0.05) is 18.5 Å². The van der Waals surface area contributed by atoms with Crippen LogP contribution in [0.4, 0.5) is 0 Å². The van der Waals surface area contributed by atoms with Crippen molar-refractivity contribution in [3.05, 3.63) is 16.4 Å². The number of rotatable bonds is 5. The Hall–Kier alpha value is -0.580. The molecule has 1 aromatic rings. The first-order valence-corrected chi connectivity index (χ1v) is 7.52. The van der Waals surface area contributed by atoms with Crippen LogP contribution in [-0.2, 0) is 24.8 Å². The van der Waals surface area contributed by atoms with Gasteiger partial charge in [0.1, 0.15) is 0 Å². The maximum atomic E-state index is 6.32. The van der Waals surface area contributed by atoms with Crippen LogP contribution < -0.4 is 5.32 Å². The van der Waals surface area contributed by atoms with Crippen LogP contribution in [-0.4, -0.2) is 29.0 Å². The van der Waals surface area contributed by atoms with Crippen LogP contribution in [0.2, 0.25) is 5.02 Å². The Morgan fingerprint density at radius 1 is 1.37 bits per heavy atom. The molecule has 1 saturated carbocycles. The second-order valence-electron chi connectivity index (χ2n) is 5.26. The average molecular weight is 286 g/mol. The fraction of sp³-hybridized carbons (Fsp3) is 0.786. The molecule has 0 unspecified atom stereocenters. The van der Waals surface area contributed by atoms with E-state index in [0.29, 0.717) is 18.8 Å². The second-order valence-corrected chi connectivity index (χ2v) is 5.64. The van der Waals surface area contributed by atoms with Gasteiger partial charge in [-0.2, -0.15) is 5.10 Å². The van der Waals surface area contributed by atoms with E-state index in [1.807, 2.05) is 18.8 Å². The Labute approximate surface area is 120 Å². The lowest BCUT2D eigenvalue weighted by atomic mass is 9.93. The van der Waals surface area contributed by atoms with E-state index < -0.39 is 0 Å². The van der Waals surface area contributed by atoms with Crippen LogP contribution >= 0.6 is 11.6 Å². The topological polar surface area (TPSA) is 39.1 Å². The summed E-state index contributed by atoms with van der Waals surface area (Å²) in [6.45, 7) is 2.63. The number of aryl methyl sites for hydroxylation is 2. The summed E-state index contributed by atoms with van der Waals surface area (Å²) in [6.07, 6.45) is 5.87. The first-order valence-electron chi connectivity index (χ1n) is 7.14. The lowest BCUT2D eigenvalue weighted by Gasteiger charge is -2.28. The third-order valence-electron chi connectivity index (χ3n) is 4.04. The van der Waals surface area contributed by atoms with E-state index in [0.717, 1.165) is 35.7 Å². The van der Waals surface area contributed by atoms with Crippen LogP contribution in [0.15, 0.2) is 0 Å². The largest absolute Gasteiger partial charge is 0.372 e. The fourth-order valence-electron chi connectivity index (χ4n) is 2.69. The molecule has 108 valence electrons. The Morgan fingerprint density at radius 3 is 2.58 bits per heavy atom. The van der Waals surface area contributed by atoms with Crippen LogP contribution in [0.5, 0.6) is 0 Å². The van der Waals surface area contributed by atoms with E-state index in [1.165, 1.54) is 12.8 Å². The highest BCUT2D eigenvalue weighted by molar-refractivity contribution is 6.31. The van der Waals surface area contributed by atoms with Gasteiger partial charge in [0, 0.05) is 13.1 Å². The number of hydrogen-bond donors (Lipinski definition) is 1. The van der Waals surface area contributed by atoms with Crippen molar-refractivity contribution in [3.8, 4) is 0 Å². The average Bonchev–Trinajstić information content (AvgIpc) is 2.72. The van der Waals surface area contributed by atoms with Crippen molar-refractivity contribution >= 4 is 11.6 Å². The monoisotopic (exact) mass is 285 g/mol. The minimum atomic E-state index is 0.362. The number of nitrogens with one attached hydrogen (secondary N) is 1. The van der Waals surface area contributed by atoms with Gasteiger partial charge < -0.3 is 10.1 Å². The second kappa shape index (κ2) is 6.73. The standard InChI is InChI=1S/C14H24ClN3O/c1-4-12-14(15)13(18(3)17-12)9-19-11-7-5-10(16-2)6-8-11/h10-11,16H,4-9H2,1-3H3. The maximum absolute atomic E-state index is 6.32. The van der Waals surface area contributed by atoms with E-state index in [9.17, 15) is 0 Å². The number of hydrogen-bond acceptors (Lipinski definition) is 3.